The minimum absolute atomic E-state index is 0.0390. The van der Waals surface area contributed by atoms with Crippen LogP contribution in [0.1, 0.15) is 17.7 Å². The molecule has 1 fully saturated rings. The van der Waals surface area contributed by atoms with Gasteiger partial charge < -0.3 is 15.0 Å². The lowest BCUT2D eigenvalue weighted by Gasteiger charge is -2.32. The Morgan fingerprint density at radius 3 is 3.00 bits per heavy atom. The predicted molar refractivity (Wildman–Crippen MR) is 143 cm³/mol. The summed E-state index contributed by atoms with van der Waals surface area (Å²) in [5.41, 5.74) is 1.79. The van der Waals surface area contributed by atoms with Gasteiger partial charge >= 0.3 is 0 Å². The molecule has 8 nitrogen and oxygen atoms in total. The average molecular weight is 507 g/mol. The Kier molecular flexibility index (Phi) is 6.79. The number of aromatic nitrogens is 4. The van der Waals surface area contributed by atoms with Crippen LogP contribution in [0.5, 0.6) is 11.5 Å². The number of benzene rings is 1. The summed E-state index contributed by atoms with van der Waals surface area (Å²) in [6.07, 6.45) is 6.89. The maximum Gasteiger partial charge on any atom is 0.246 e. The summed E-state index contributed by atoms with van der Waals surface area (Å²) in [5.74, 6) is 2.09. The summed E-state index contributed by atoms with van der Waals surface area (Å²) in [6, 6.07) is 9.91. The maximum absolute atomic E-state index is 12.1. The van der Waals surface area contributed by atoms with Gasteiger partial charge in [0.1, 0.15) is 21.9 Å². The summed E-state index contributed by atoms with van der Waals surface area (Å²) in [6.45, 7) is 9.10. The van der Waals surface area contributed by atoms with Gasteiger partial charge in [-0.05, 0) is 44.6 Å². The molecule has 35 heavy (non-hydrogen) atoms. The quantitative estimate of drug-likeness (QED) is 0.270. The number of fused-ring (bicyclic) bond motifs is 1. The van der Waals surface area contributed by atoms with Gasteiger partial charge in [0.05, 0.1) is 0 Å². The first kappa shape index (κ1) is 23.5. The van der Waals surface area contributed by atoms with Gasteiger partial charge in [0, 0.05) is 56.8 Å². The molecule has 3 aromatic heterocycles. The zero-order valence-electron chi connectivity index (χ0n) is 19.7. The predicted octanol–water partition coefficient (Wildman–Crippen LogP) is 5.32. The number of nitrogens with zero attached hydrogens (tertiary/aromatic N) is 5. The van der Waals surface area contributed by atoms with E-state index in [1.54, 1.807) is 17.5 Å². The minimum atomic E-state index is -0.0390. The van der Waals surface area contributed by atoms with Crippen molar-refractivity contribution >= 4 is 42.8 Å². The molecule has 2 atom stereocenters. The fourth-order valence-corrected chi connectivity index (χ4v) is 5.62. The highest BCUT2D eigenvalue weighted by atomic mass is 32.1. The number of piperidine rings is 1. The van der Waals surface area contributed by atoms with E-state index in [0.717, 1.165) is 52.6 Å². The van der Waals surface area contributed by atoms with Crippen LogP contribution in [0, 0.1) is 6.92 Å². The number of carbonyl (C=O) groups excluding carboxylic acids is 1. The number of anilines is 1. The molecule has 4 heterocycles. The monoisotopic (exact) mass is 506 g/mol. The van der Waals surface area contributed by atoms with Crippen LogP contribution in [0.2, 0.25) is 0 Å². The summed E-state index contributed by atoms with van der Waals surface area (Å²) in [7, 11) is 0.416. The molecule has 0 bridgehead atoms. The molecule has 5 rings (SSSR count). The number of nitrogens with one attached hydrogen (secondary N) is 1. The van der Waals surface area contributed by atoms with Crippen molar-refractivity contribution in [1.29, 1.82) is 0 Å². The van der Waals surface area contributed by atoms with Crippen molar-refractivity contribution in [3.63, 3.8) is 0 Å². The molecule has 0 aliphatic carbocycles. The van der Waals surface area contributed by atoms with Gasteiger partial charge in [-0.25, -0.2) is 14.4 Å². The smallest absolute Gasteiger partial charge is 0.246 e. The first-order valence-corrected chi connectivity index (χ1v) is 13.8. The summed E-state index contributed by atoms with van der Waals surface area (Å²) < 4.78 is 8.29. The summed E-state index contributed by atoms with van der Waals surface area (Å²) in [5, 5.41) is 10.2. The van der Waals surface area contributed by atoms with Crippen molar-refractivity contribution in [2.45, 2.75) is 25.8 Å². The highest BCUT2D eigenvalue weighted by molar-refractivity contribution is 7.35. The van der Waals surface area contributed by atoms with Crippen LogP contribution in [-0.4, -0.2) is 56.1 Å². The van der Waals surface area contributed by atoms with Crippen molar-refractivity contribution < 1.29 is 9.53 Å². The first-order valence-electron chi connectivity index (χ1n) is 11.5. The van der Waals surface area contributed by atoms with Crippen molar-refractivity contribution in [3.05, 3.63) is 60.3 Å². The van der Waals surface area contributed by atoms with E-state index < -0.39 is 0 Å². The zero-order chi connectivity index (χ0) is 24.4. The highest BCUT2D eigenvalue weighted by Crippen LogP contribution is 2.37. The normalized spacial score (nSPS) is 16.2. The van der Waals surface area contributed by atoms with Gasteiger partial charge in [0.25, 0.3) is 0 Å². The van der Waals surface area contributed by atoms with Gasteiger partial charge in [-0.3, -0.25) is 4.79 Å². The largest absolute Gasteiger partial charge is 0.456 e. The number of ether oxygens (including phenoxy) is 1. The standard InChI is InChI=1S/C25H27N6O2PS/c1-4-21(32)30-12-6-8-18(15-30)28-23-22-20(10-11-26-24(22)31(29-23)34-3)33-19-9-5-7-17(13-19)25-27-14-16(2)35-25/h4-5,7,9-11,13-14,18,34H,1,6,8,12,15H2,2-3H3,(H,28,29)/t18-/m1/s1. The number of hydrogen-bond acceptors (Lipinski definition) is 7. The van der Waals surface area contributed by atoms with E-state index in [9.17, 15) is 4.79 Å². The van der Waals surface area contributed by atoms with E-state index >= 15 is 0 Å². The van der Waals surface area contributed by atoms with Crippen molar-refractivity contribution in [1.82, 2.24) is 24.4 Å². The SMILES string of the molecule is C=CC(=O)N1CCC[C@@H](Nc2nn(PC)c3nccc(Oc4cccc(-c5ncc(C)s5)c4)c23)C1. The third-order valence-corrected chi connectivity index (χ3v) is 7.62. The lowest BCUT2D eigenvalue weighted by atomic mass is 10.1. The topological polar surface area (TPSA) is 85.2 Å². The Labute approximate surface area is 209 Å². The van der Waals surface area contributed by atoms with E-state index in [1.807, 2.05) is 45.9 Å². The number of pyridine rings is 1. The van der Waals surface area contributed by atoms with Crippen molar-refractivity contribution in [2.24, 2.45) is 0 Å². The Bertz CT molecular complexity index is 1380. The molecule has 0 radical (unpaired) electrons. The lowest BCUT2D eigenvalue weighted by Crippen LogP contribution is -2.44. The second-order valence-corrected chi connectivity index (χ2v) is 10.5. The molecule has 4 aromatic rings. The number of aryl methyl sites for hydroxylation is 1. The molecule has 180 valence electrons. The molecule has 1 aromatic carbocycles. The fourth-order valence-electron chi connectivity index (χ4n) is 4.28. The Morgan fingerprint density at radius 2 is 2.23 bits per heavy atom. The zero-order valence-corrected chi connectivity index (χ0v) is 21.5. The van der Waals surface area contributed by atoms with Gasteiger partial charge in [0.2, 0.25) is 5.91 Å². The third kappa shape index (κ3) is 4.92. The number of thiazole rings is 1. The molecular weight excluding hydrogens is 479 g/mol. The number of amides is 1. The van der Waals surface area contributed by atoms with Crippen LogP contribution < -0.4 is 10.1 Å². The van der Waals surface area contributed by atoms with Gasteiger partial charge in [0.15, 0.2) is 11.5 Å². The van der Waals surface area contributed by atoms with E-state index in [-0.39, 0.29) is 11.9 Å². The minimum Gasteiger partial charge on any atom is -0.456 e. The molecular formula is C25H27N6O2PS. The van der Waals surface area contributed by atoms with Crippen LogP contribution in [0.3, 0.4) is 0 Å². The van der Waals surface area contributed by atoms with Crippen molar-refractivity contribution in [2.75, 3.05) is 25.1 Å². The highest BCUT2D eigenvalue weighted by Gasteiger charge is 2.25. The summed E-state index contributed by atoms with van der Waals surface area (Å²) >= 11 is 1.66. The third-order valence-electron chi connectivity index (χ3n) is 5.92. The number of carbonyl (C=O) groups is 1. The second kappa shape index (κ2) is 10.1. The second-order valence-electron chi connectivity index (χ2n) is 8.37. The van der Waals surface area contributed by atoms with Crippen molar-refractivity contribution in [3.8, 4) is 22.1 Å². The molecule has 1 aliphatic rings. The maximum atomic E-state index is 12.1. The van der Waals surface area contributed by atoms with Crippen LogP contribution in [0.25, 0.3) is 21.6 Å². The molecule has 1 unspecified atom stereocenters. The Morgan fingerprint density at radius 1 is 1.34 bits per heavy atom. The van der Waals surface area contributed by atoms with Crippen LogP contribution in [-0.2, 0) is 4.79 Å². The molecule has 1 aliphatic heterocycles. The molecule has 1 N–H and O–H groups in total. The molecule has 10 heteroatoms. The fraction of sp³-hybridized carbons (Fsp3) is 0.280. The van der Waals surface area contributed by atoms with Crippen LogP contribution in [0.4, 0.5) is 5.82 Å². The molecule has 0 saturated carbocycles. The van der Waals surface area contributed by atoms with E-state index in [0.29, 0.717) is 21.0 Å². The van der Waals surface area contributed by atoms with E-state index in [4.69, 9.17) is 9.84 Å². The van der Waals surface area contributed by atoms with Crippen LogP contribution in [0.15, 0.2) is 55.4 Å². The molecule has 0 spiro atoms. The first-order chi connectivity index (χ1) is 17.1. The van der Waals surface area contributed by atoms with Gasteiger partial charge in [-0.2, -0.15) is 0 Å². The average Bonchev–Trinajstić information content (AvgIpc) is 3.48. The lowest BCUT2D eigenvalue weighted by molar-refractivity contribution is -0.127. The molecule has 1 amide bonds. The van der Waals surface area contributed by atoms with E-state index in [1.165, 1.54) is 11.0 Å². The van der Waals surface area contributed by atoms with Crippen LogP contribution >= 0.6 is 20.1 Å². The van der Waals surface area contributed by atoms with Gasteiger partial charge in [-0.15, -0.1) is 16.4 Å². The molecule has 1 saturated heterocycles. The number of likely N-dealkylation sites (tertiary alicyclic amines) is 1. The summed E-state index contributed by atoms with van der Waals surface area (Å²) in [4.78, 5) is 24.2. The number of hydrogen-bond donors (Lipinski definition) is 1. The Balaban J connectivity index is 1.46. The Hall–Kier alpha value is -3.29. The van der Waals surface area contributed by atoms with Gasteiger partial charge in [-0.1, -0.05) is 18.7 Å². The number of rotatable bonds is 7. The van der Waals surface area contributed by atoms with E-state index in [2.05, 4.69) is 35.5 Å².